The van der Waals surface area contributed by atoms with Gasteiger partial charge >= 0.3 is 5.97 Å². The van der Waals surface area contributed by atoms with E-state index in [0.717, 1.165) is 19.4 Å². The van der Waals surface area contributed by atoms with Crippen molar-refractivity contribution in [2.45, 2.75) is 32.4 Å². The zero-order chi connectivity index (χ0) is 24.7. The molecular formula is C24H25FN6O3. The average molecular weight is 465 g/mol. The SMILES string of the molecule is Cc1nnc(N2CCC[C@@H](N)C2)n(Cc2cc(F)ccc2C#N)c1=O.O=C(O)c1ccccc1. The lowest BCUT2D eigenvalue weighted by Gasteiger charge is -2.32. The van der Waals surface area contributed by atoms with E-state index in [0.29, 0.717) is 29.2 Å². The zero-order valence-electron chi connectivity index (χ0n) is 18.7. The van der Waals surface area contributed by atoms with Gasteiger partial charge < -0.3 is 15.7 Å². The van der Waals surface area contributed by atoms with Gasteiger partial charge in [-0.15, -0.1) is 10.2 Å². The summed E-state index contributed by atoms with van der Waals surface area (Å²) in [6, 6.07) is 14.2. The molecule has 1 aromatic heterocycles. The predicted octanol–water partition coefficient (Wildman–Crippen LogP) is 2.32. The zero-order valence-corrected chi connectivity index (χ0v) is 18.7. The number of benzene rings is 2. The van der Waals surface area contributed by atoms with Crippen LogP contribution in [0.1, 0.15) is 40.0 Å². The normalized spacial score (nSPS) is 15.1. The molecule has 3 aromatic rings. The molecule has 0 radical (unpaired) electrons. The lowest BCUT2D eigenvalue weighted by molar-refractivity contribution is 0.0697. The van der Waals surface area contributed by atoms with E-state index in [9.17, 15) is 19.2 Å². The highest BCUT2D eigenvalue weighted by molar-refractivity contribution is 5.87. The molecule has 10 heteroatoms. The van der Waals surface area contributed by atoms with Gasteiger partial charge in [0.15, 0.2) is 0 Å². The first-order valence-corrected chi connectivity index (χ1v) is 10.7. The molecule has 176 valence electrons. The number of halogens is 1. The third kappa shape index (κ3) is 6.02. The first-order chi connectivity index (χ1) is 16.3. The first-order valence-electron chi connectivity index (χ1n) is 10.7. The number of carbonyl (C=O) groups is 1. The van der Waals surface area contributed by atoms with Crippen molar-refractivity contribution in [1.82, 2.24) is 14.8 Å². The molecule has 34 heavy (non-hydrogen) atoms. The van der Waals surface area contributed by atoms with E-state index < -0.39 is 11.8 Å². The number of carboxylic acids is 1. The fourth-order valence-corrected chi connectivity index (χ4v) is 3.62. The molecule has 0 spiro atoms. The van der Waals surface area contributed by atoms with Crippen LogP contribution in [0.3, 0.4) is 0 Å². The van der Waals surface area contributed by atoms with Gasteiger partial charge in [-0.05, 0) is 55.7 Å². The van der Waals surface area contributed by atoms with E-state index in [1.54, 1.807) is 37.3 Å². The number of nitrogens with zero attached hydrogens (tertiary/aromatic N) is 5. The summed E-state index contributed by atoms with van der Waals surface area (Å²) in [4.78, 5) is 24.8. The Bertz CT molecular complexity index is 1260. The average Bonchev–Trinajstić information content (AvgIpc) is 2.83. The summed E-state index contributed by atoms with van der Waals surface area (Å²) in [6.45, 7) is 2.93. The summed E-state index contributed by atoms with van der Waals surface area (Å²) in [5, 5.41) is 25.7. The lowest BCUT2D eigenvalue weighted by Crippen LogP contribution is -2.46. The standard InChI is InChI=1S/C17H19FN6O.C7H6O2/c1-11-16(25)24(9-13-7-14(18)5-4-12(13)8-19)17(22-21-11)23-6-2-3-15(20)10-23;8-7(9)6-4-2-1-3-5-6/h4-5,7,15H,2-3,6,9-10,20H2,1H3;1-5H,(H,8,9)/t15-;/m1./s1. The molecule has 0 saturated carbocycles. The smallest absolute Gasteiger partial charge is 0.335 e. The summed E-state index contributed by atoms with van der Waals surface area (Å²) in [7, 11) is 0. The number of hydrogen-bond acceptors (Lipinski definition) is 7. The van der Waals surface area contributed by atoms with Crippen LogP contribution in [0.15, 0.2) is 53.3 Å². The molecule has 1 aliphatic rings. The molecular weight excluding hydrogens is 439 g/mol. The van der Waals surface area contributed by atoms with Crippen LogP contribution in [-0.2, 0) is 6.54 Å². The number of hydrogen-bond donors (Lipinski definition) is 2. The highest BCUT2D eigenvalue weighted by Gasteiger charge is 2.23. The van der Waals surface area contributed by atoms with Crippen LogP contribution in [-0.4, -0.2) is 45.0 Å². The molecule has 4 rings (SSSR count). The third-order valence-corrected chi connectivity index (χ3v) is 5.36. The van der Waals surface area contributed by atoms with Gasteiger partial charge in [0.05, 0.1) is 23.7 Å². The number of rotatable bonds is 4. The number of aromatic nitrogens is 3. The Hall–Kier alpha value is -4.10. The van der Waals surface area contributed by atoms with Crippen molar-refractivity contribution in [3.8, 4) is 6.07 Å². The summed E-state index contributed by atoms with van der Waals surface area (Å²) < 4.78 is 15.1. The topological polar surface area (TPSA) is 138 Å². The number of nitriles is 1. The van der Waals surface area contributed by atoms with Crippen molar-refractivity contribution in [1.29, 1.82) is 5.26 Å². The van der Waals surface area contributed by atoms with Gasteiger partial charge in [0.2, 0.25) is 5.95 Å². The number of aryl methyl sites for hydroxylation is 1. The van der Waals surface area contributed by atoms with Crippen molar-refractivity contribution in [2.24, 2.45) is 5.73 Å². The minimum absolute atomic E-state index is 0.00393. The maximum absolute atomic E-state index is 13.6. The van der Waals surface area contributed by atoms with Crippen LogP contribution in [0, 0.1) is 24.1 Å². The molecule has 1 aliphatic heterocycles. The maximum atomic E-state index is 13.6. The number of nitrogens with two attached hydrogens (primary N) is 1. The Kier molecular flexibility index (Phi) is 8.05. The van der Waals surface area contributed by atoms with Gasteiger partial charge in [-0.1, -0.05) is 18.2 Å². The van der Waals surface area contributed by atoms with Gasteiger partial charge in [0.1, 0.15) is 11.5 Å². The largest absolute Gasteiger partial charge is 0.478 e. The van der Waals surface area contributed by atoms with E-state index in [1.807, 2.05) is 11.0 Å². The Morgan fingerprint density at radius 1 is 1.26 bits per heavy atom. The molecule has 9 nitrogen and oxygen atoms in total. The van der Waals surface area contributed by atoms with E-state index >= 15 is 0 Å². The van der Waals surface area contributed by atoms with Crippen molar-refractivity contribution in [2.75, 3.05) is 18.0 Å². The Morgan fingerprint density at radius 2 is 2.00 bits per heavy atom. The second-order valence-electron chi connectivity index (χ2n) is 7.91. The first kappa shape index (κ1) is 24.5. The van der Waals surface area contributed by atoms with Crippen LogP contribution in [0.4, 0.5) is 10.3 Å². The number of carboxylic acid groups (broad SMARTS) is 1. The monoisotopic (exact) mass is 464 g/mol. The summed E-state index contributed by atoms with van der Waals surface area (Å²) >= 11 is 0. The van der Waals surface area contributed by atoms with E-state index in [4.69, 9.17) is 10.8 Å². The molecule has 0 bridgehead atoms. The number of aromatic carboxylic acids is 1. The van der Waals surface area contributed by atoms with Crippen LogP contribution in [0.25, 0.3) is 0 Å². The quantitative estimate of drug-likeness (QED) is 0.600. The molecule has 1 fully saturated rings. The van der Waals surface area contributed by atoms with Crippen LogP contribution >= 0.6 is 0 Å². The summed E-state index contributed by atoms with van der Waals surface area (Å²) in [6.07, 6.45) is 1.82. The van der Waals surface area contributed by atoms with Crippen molar-refractivity contribution < 1.29 is 14.3 Å². The van der Waals surface area contributed by atoms with Gasteiger partial charge in [-0.2, -0.15) is 5.26 Å². The second kappa shape index (κ2) is 11.2. The summed E-state index contributed by atoms with van der Waals surface area (Å²) in [5.41, 5.74) is 7.05. The van der Waals surface area contributed by atoms with E-state index in [-0.39, 0.29) is 23.8 Å². The summed E-state index contributed by atoms with van der Waals surface area (Å²) in [5.74, 6) is -0.933. The molecule has 1 atom stereocenters. The van der Waals surface area contributed by atoms with Crippen LogP contribution in [0.2, 0.25) is 0 Å². The number of anilines is 1. The van der Waals surface area contributed by atoms with Crippen molar-refractivity contribution >= 4 is 11.9 Å². The Balaban J connectivity index is 0.000000302. The molecule has 2 aromatic carbocycles. The maximum Gasteiger partial charge on any atom is 0.335 e. The fourth-order valence-electron chi connectivity index (χ4n) is 3.62. The Morgan fingerprint density at radius 3 is 2.62 bits per heavy atom. The van der Waals surface area contributed by atoms with Crippen molar-refractivity contribution in [3.63, 3.8) is 0 Å². The van der Waals surface area contributed by atoms with Crippen molar-refractivity contribution in [3.05, 3.63) is 87.1 Å². The fraction of sp³-hybridized carbons (Fsp3) is 0.292. The van der Waals surface area contributed by atoms with Gasteiger partial charge in [-0.3, -0.25) is 9.36 Å². The molecule has 0 aliphatic carbocycles. The highest BCUT2D eigenvalue weighted by atomic mass is 19.1. The third-order valence-electron chi connectivity index (χ3n) is 5.36. The van der Waals surface area contributed by atoms with E-state index in [1.165, 1.54) is 22.8 Å². The molecule has 0 amide bonds. The lowest BCUT2D eigenvalue weighted by atomic mass is 10.1. The van der Waals surface area contributed by atoms with E-state index in [2.05, 4.69) is 10.2 Å². The highest BCUT2D eigenvalue weighted by Crippen LogP contribution is 2.18. The minimum atomic E-state index is -0.879. The Labute approximate surface area is 195 Å². The van der Waals surface area contributed by atoms with Crippen LogP contribution < -0.4 is 16.2 Å². The molecule has 0 unspecified atom stereocenters. The van der Waals surface area contributed by atoms with Gasteiger partial charge in [0, 0.05) is 19.1 Å². The number of piperidine rings is 1. The molecule has 3 N–H and O–H groups in total. The van der Waals surface area contributed by atoms with Gasteiger partial charge in [-0.25, -0.2) is 9.18 Å². The molecule has 1 saturated heterocycles. The molecule has 2 heterocycles. The van der Waals surface area contributed by atoms with Crippen LogP contribution in [0.5, 0.6) is 0 Å². The second-order valence-corrected chi connectivity index (χ2v) is 7.91. The minimum Gasteiger partial charge on any atom is -0.478 e. The predicted molar refractivity (Wildman–Crippen MR) is 124 cm³/mol. The van der Waals surface area contributed by atoms with Gasteiger partial charge in [0.25, 0.3) is 5.56 Å².